The van der Waals surface area contributed by atoms with E-state index < -0.39 is 0 Å². The van der Waals surface area contributed by atoms with Gasteiger partial charge in [0, 0.05) is 19.1 Å². The Balaban J connectivity index is 0.00000264. The Labute approximate surface area is 156 Å². The average Bonchev–Trinajstić information content (AvgIpc) is 3.31. The molecule has 2 rings (SSSR count). The topological polar surface area (TPSA) is 39.7 Å². The first kappa shape index (κ1) is 20.2. The van der Waals surface area contributed by atoms with Gasteiger partial charge in [0.25, 0.3) is 0 Å². The van der Waals surface area contributed by atoms with Gasteiger partial charge < -0.3 is 15.5 Å². The molecule has 0 bridgehead atoms. The molecule has 1 aromatic carbocycles. The second kappa shape index (κ2) is 10.1. The van der Waals surface area contributed by atoms with Gasteiger partial charge in [-0.05, 0) is 57.5 Å². The van der Waals surface area contributed by atoms with Crippen molar-refractivity contribution >= 4 is 29.9 Å². The number of hydrogen-bond acceptors (Lipinski definition) is 2. The number of likely N-dealkylation sites (N-methyl/N-ethyl adjacent to an activating group) is 1. The van der Waals surface area contributed by atoms with E-state index in [0.717, 1.165) is 30.5 Å². The SMILES string of the molecule is CCNC(=NCc1ccc(F)cc1)NCC(C1CC1)N(C)C.I. The summed E-state index contributed by atoms with van der Waals surface area (Å²) in [5.74, 6) is 1.41. The van der Waals surface area contributed by atoms with Crippen molar-refractivity contribution in [2.24, 2.45) is 10.9 Å². The summed E-state index contributed by atoms with van der Waals surface area (Å²) in [6.07, 6.45) is 2.65. The fourth-order valence-corrected chi connectivity index (χ4v) is 2.56. The number of halogens is 2. The predicted octanol–water partition coefficient (Wildman–Crippen LogP) is 2.84. The fraction of sp³-hybridized carbons (Fsp3) is 0.588. The number of hydrogen-bond donors (Lipinski definition) is 2. The first-order valence-electron chi connectivity index (χ1n) is 8.03. The number of nitrogens with zero attached hydrogens (tertiary/aromatic N) is 2. The van der Waals surface area contributed by atoms with Crippen LogP contribution >= 0.6 is 24.0 Å². The van der Waals surface area contributed by atoms with E-state index in [1.165, 1.54) is 25.0 Å². The third kappa shape index (κ3) is 7.03. The Kier molecular flexibility index (Phi) is 8.83. The third-order valence-electron chi connectivity index (χ3n) is 3.99. The van der Waals surface area contributed by atoms with Crippen molar-refractivity contribution in [2.75, 3.05) is 27.2 Å². The molecule has 1 saturated carbocycles. The monoisotopic (exact) mass is 434 g/mol. The molecule has 0 amide bonds. The second-order valence-electron chi connectivity index (χ2n) is 6.07. The zero-order valence-electron chi connectivity index (χ0n) is 14.2. The van der Waals surface area contributed by atoms with Crippen LogP contribution in [0.2, 0.25) is 0 Å². The second-order valence-corrected chi connectivity index (χ2v) is 6.07. The molecule has 1 atom stereocenters. The standard InChI is InChI=1S/C17H27FN4.HI/c1-4-19-17(20-11-13-5-9-15(18)10-6-13)21-12-16(22(2)3)14-7-8-14;/h5-6,9-10,14,16H,4,7-8,11-12H2,1-3H3,(H2,19,20,21);1H. The maximum atomic E-state index is 12.9. The van der Waals surface area contributed by atoms with E-state index in [2.05, 4.69) is 41.5 Å². The lowest BCUT2D eigenvalue weighted by Crippen LogP contribution is -2.46. The normalized spacial score (nSPS) is 16.0. The van der Waals surface area contributed by atoms with Gasteiger partial charge in [0.15, 0.2) is 5.96 Å². The van der Waals surface area contributed by atoms with Crippen LogP contribution in [0.4, 0.5) is 4.39 Å². The van der Waals surface area contributed by atoms with Crippen LogP contribution in [0.5, 0.6) is 0 Å². The quantitative estimate of drug-likeness (QED) is 0.394. The molecule has 1 unspecified atom stereocenters. The Morgan fingerprint density at radius 3 is 2.43 bits per heavy atom. The van der Waals surface area contributed by atoms with Crippen molar-refractivity contribution in [1.29, 1.82) is 0 Å². The molecule has 0 heterocycles. The molecule has 0 aliphatic heterocycles. The van der Waals surface area contributed by atoms with E-state index in [0.29, 0.717) is 12.6 Å². The Morgan fingerprint density at radius 2 is 1.91 bits per heavy atom. The highest BCUT2D eigenvalue weighted by Gasteiger charge is 2.32. The summed E-state index contributed by atoms with van der Waals surface area (Å²) in [5.41, 5.74) is 1.00. The smallest absolute Gasteiger partial charge is 0.191 e. The molecule has 23 heavy (non-hydrogen) atoms. The summed E-state index contributed by atoms with van der Waals surface area (Å²) in [7, 11) is 4.26. The van der Waals surface area contributed by atoms with Crippen LogP contribution in [0, 0.1) is 11.7 Å². The fourth-order valence-electron chi connectivity index (χ4n) is 2.56. The Hall–Kier alpha value is -0.890. The highest BCUT2D eigenvalue weighted by Crippen LogP contribution is 2.34. The lowest BCUT2D eigenvalue weighted by molar-refractivity contribution is 0.264. The van der Waals surface area contributed by atoms with Gasteiger partial charge >= 0.3 is 0 Å². The molecule has 1 aliphatic carbocycles. The van der Waals surface area contributed by atoms with Crippen molar-refractivity contribution in [1.82, 2.24) is 15.5 Å². The first-order chi connectivity index (χ1) is 10.6. The maximum absolute atomic E-state index is 12.9. The largest absolute Gasteiger partial charge is 0.357 e. The minimum Gasteiger partial charge on any atom is -0.357 e. The van der Waals surface area contributed by atoms with Gasteiger partial charge in [-0.3, -0.25) is 0 Å². The number of aliphatic imine (C=N–C) groups is 1. The van der Waals surface area contributed by atoms with E-state index >= 15 is 0 Å². The van der Waals surface area contributed by atoms with E-state index in [1.807, 2.05) is 0 Å². The summed E-state index contributed by atoms with van der Waals surface area (Å²) < 4.78 is 12.9. The van der Waals surface area contributed by atoms with Crippen molar-refractivity contribution in [3.8, 4) is 0 Å². The molecule has 130 valence electrons. The van der Waals surface area contributed by atoms with E-state index in [9.17, 15) is 4.39 Å². The minimum absolute atomic E-state index is 0. The summed E-state index contributed by atoms with van der Waals surface area (Å²) in [4.78, 5) is 6.86. The molecule has 0 saturated heterocycles. The van der Waals surface area contributed by atoms with Crippen molar-refractivity contribution in [2.45, 2.75) is 32.4 Å². The van der Waals surface area contributed by atoms with Crippen molar-refractivity contribution < 1.29 is 4.39 Å². The Bertz CT molecular complexity index is 484. The number of nitrogens with one attached hydrogen (secondary N) is 2. The first-order valence-corrected chi connectivity index (χ1v) is 8.03. The lowest BCUT2D eigenvalue weighted by atomic mass is 10.1. The molecule has 0 radical (unpaired) electrons. The van der Waals surface area contributed by atoms with Crippen LogP contribution < -0.4 is 10.6 Å². The van der Waals surface area contributed by atoms with Gasteiger partial charge in [-0.1, -0.05) is 12.1 Å². The van der Waals surface area contributed by atoms with Crippen LogP contribution in [-0.2, 0) is 6.54 Å². The van der Waals surface area contributed by atoms with Crippen LogP contribution in [0.15, 0.2) is 29.3 Å². The summed E-state index contributed by atoms with van der Waals surface area (Å²) >= 11 is 0. The molecule has 1 aromatic rings. The van der Waals surface area contributed by atoms with E-state index in [-0.39, 0.29) is 29.8 Å². The van der Waals surface area contributed by atoms with Crippen LogP contribution in [0.3, 0.4) is 0 Å². The summed E-state index contributed by atoms with van der Waals surface area (Å²) in [6.45, 7) is 4.32. The zero-order chi connectivity index (χ0) is 15.9. The van der Waals surface area contributed by atoms with Crippen LogP contribution in [0.25, 0.3) is 0 Å². The number of guanidine groups is 1. The zero-order valence-corrected chi connectivity index (χ0v) is 16.5. The minimum atomic E-state index is -0.212. The van der Waals surface area contributed by atoms with Gasteiger partial charge in [0.2, 0.25) is 0 Å². The molecule has 0 spiro atoms. The van der Waals surface area contributed by atoms with Crippen molar-refractivity contribution in [3.05, 3.63) is 35.6 Å². The molecule has 0 aromatic heterocycles. The average molecular weight is 434 g/mol. The molecule has 6 heteroatoms. The molecule has 2 N–H and O–H groups in total. The van der Waals surface area contributed by atoms with Crippen molar-refractivity contribution in [3.63, 3.8) is 0 Å². The van der Waals surface area contributed by atoms with Gasteiger partial charge in [0.1, 0.15) is 5.82 Å². The van der Waals surface area contributed by atoms with Crippen LogP contribution in [-0.4, -0.2) is 44.1 Å². The highest BCUT2D eigenvalue weighted by molar-refractivity contribution is 14.0. The highest BCUT2D eigenvalue weighted by atomic mass is 127. The van der Waals surface area contributed by atoms with Crippen LogP contribution in [0.1, 0.15) is 25.3 Å². The van der Waals surface area contributed by atoms with E-state index in [4.69, 9.17) is 0 Å². The summed E-state index contributed by atoms with van der Waals surface area (Å²) in [5, 5.41) is 6.69. The number of benzene rings is 1. The van der Waals surface area contributed by atoms with Gasteiger partial charge in [0.05, 0.1) is 6.54 Å². The molecular formula is C17H28FIN4. The molecule has 1 aliphatic rings. The van der Waals surface area contributed by atoms with E-state index in [1.54, 1.807) is 12.1 Å². The number of rotatable bonds is 7. The van der Waals surface area contributed by atoms with Gasteiger partial charge in [-0.2, -0.15) is 0 Å². The van der Waals surface area contributed by atoms with Gasteiger partial charge in [-0.25, -0.2) is 9.38 Å². The molecule has 1 fully saturated rings. The third-order valence-corrected chi connectivity index (χ3v) is 3.99. The molecule has 4 nitrogen and oxygen atoms in total. The summed E-state index contributed by atoms with van der Waals surface area (Å²) in [6, 6.07) is 7.04. The van der Waals surface area contributed by atoms with Gasteiger partial charge in [-0.15, -0.1) is 24.0 Å². The molecular weight excluding hydrogens is 406 g/mol. The lowest BCUT2D eigenvalue weighted by Gasteiger charge is -2.25. The Morgan fingerprint density at radius 1 is 1.26 bits per heavy atom. The maximum Gasteiger partial charge on any atom is 0.191 e. The predicted molar refractivity (Wildman–Crippen MR) is 105 cm³/mol.